The van der Waals surface area contributed by atoms with Crippen LogP contribution in [0, 0.1) is 27.7 Å². The van der Waals surface area contributed by atoms with E-state index in [0.29, 0.717) is 10.0 Å². The molecule has 7 heteroatoms. The van der Waals surface area contributed by atoms with E-state index in [0.717, 1.165) is 43.1 Å². The highest BCUT2D eigenvalue weighted by molar-refractivity contribution is 7.23. The van der Waals surface area contributed by atoms with Crippen LogP contribution in [0.2, 0.25) is 0 Å². The van der Waals surface area contributed by atoms with Gasteiger partial charge >= 0.3 is 0 Å². The minimum atomic E-state index is -0.144. The number of thiazole rings is 1. The van der Waals surface area contributed by atoms with Crippen LogP contribution in [0.15, 0.2) is 18.2 Å². The number of para-hydroxylation sites is 1. The van der Waals surface area contributed by atoms with Gasteiger partial charge in [-0.05, 0) is 44.9 Å². The van der Waals surface area contributed by atoms with Crippen LogP contribution in [0.1, 0.15) is 32.3 Å². The minimum absolute atomic E-state index is 0.144. The van der Waals surface area contributed by atoms with E-state index < -0.39 is 0 Å². The first-order chi connectivity index (χ1) is 11.9. The van der Waals surface area contributed by atoms with E-state index in [4.69, 9.17) is 0 Å². The van der Waals surface area contributed by atoms with Gasteiger partial charge in [-0.25, -0.2) is 15.0 Å². The number of nitrogens with one attached hydrogen (secondary N) is 1. The van der Waals surface area contributed by atoms with Gasteiger partial charge in [0.2, 0.25) is 0 Å². The lowest BCUT2D eigenvalue weighted by atomic mass is 10.1. The number of nitrogens with zero attached hydrogens (tertiary/aromatic N) is 3. The highest BCUT2D eigenvalue weighted by Gasteiger charge is 2.20. The van der Waals surface area contributed by atoms with Crippen molar-refractivity contribution in [1.29, 1.82) is 0 Å². The molecule has 0 spiro atoms. The molecule has 0 saturated heterocycles. The zero-order valence-electron chi connectivity index (χ0n) is 14.3. The van der Waals surface area contributed by atoms with Gasteiger partial charge in [-0.3, -0.25) is 10.1 Å². The Hall–Kier alpha value is -2.38. The first kappa shape index (κ1) is 16.1. The van der Waals surface area contributed by atoms with Crippen LogP contribution in [-0.2, 0) is 0 Å². The summed E-state index contributed by atoms with van der Waals surface area (Å²) in [5.74, 6) is 0.578. The maximum atomic E-state index is 12.8. The maximum Gasteiger partial charge on any atom is 0.267 e. The third kappa shape index (κ3) is 2.69. The third-order valence-electron chi connectivity index (χ3n) is 4.13. The van der Waals surface area contributed by atoms with Crippen LogP contribution in [-0.4, -0.2) is 20.9 Å². The van der Waals surface area contributed by atoms with E-state index >= 15 is 0 Å². The Morgan fingerprint density at radius 1 is 1.04 bits per heavy atom. The first-order valence-electron chi connectivity index (χ1n) is 7.86. The summed E-state index contributed by atoms with van der Waals surface area (Å²) in [6.45, 7) is 7.79. The summed E-state index contributed by atoms with van der Waals surface area (Å²) in [7, 11) is 0. The highest BCUT2D eigenvalue weighted by atomic mass is 32.1. The molecule has 0 atom stereocenters. The quantitative estimate of drug-likeness (QED) is 0.552. The van der Waals surface area contributed by atoms with Crippen molar-refractivity contribution < 1.29 is 4.79 Å². The molecule has 0 aliphatic rings. The number of aryl methyl sites for hydroxylation is 4. The van der Waals surface area contributed by atoms with Crippen molar-refractivity contribution in [3.05, 3.63) is 45.7 Å². The van der Waals surface area contributed by atoms with E-state index in [2.05, 4.69) is 20.3 Å². The normalized spacial score (nSPS) is 11.4. The molecule has 1 N–H and O–H groups in total. The number of hydrogen-bond acceptors (Lipinski definition) is 6. The van der Waals surface area contributed by atoms with Gasteiger partial charge in [-0.15, -0.1) is 11.3 Å². The summed E-state index contributed by atoms with van der Waals surface area (Å²) >= 11 is 2.89. The van der Waals surface area contributed by atoms with E-state index in [1.807, 2.05) is 45.9 Å². The van der Waals surface area contributed by atoms with E-state index in [9.17, 15) is 4.79 Å². The average molecular weight is 368 g/mol. The number of carbonyl (C=O) groups is 1. The van der Waals surface area contributed by atoms with Crippen LogP contribution in [0.25, 0.3) is 20.4 Å². The molecule has 0 radical (unpaired) electrons. The van der Waals surface area contributed by atoms with Gasteiger partial charge in [-0.2, -0.15) is 0 Å². The summed E-state index contributed by atoms with van der Waals surface area (Å²) in [6, 6.07) is 6.04. The fraction of sp³-hybridized carbons (Fsp3) is 0.222. The van der Waals surface area contributed by atoms with Crippen molar-refractivity contribution in [2.45, 2.75) is 27.7 Å². The third-order valence-corrected chi connectivity index (χ3v) is 6.25. The second kappa shape index (κ2) is 5.86. The van der Waals surface area contributed by atoms with Crippen LogP contribution in [0.5, 0.6) is 0 Å². The Labute approximate surface area is 152 Å². The topological polar surface area (TPSA) is 67.8 Å². The van der Waals surface area contributed by atoms with Crippen molar-refractivity contribution in [1.82, 2.24) is 15.0 Å². The van der Waals surface area contributed by atoms with Crippen LogP contribution in [0.3, 0.4) is 0 Å². The summed E-state index contributed by atoms with van der Waals surface area (Å²) in [4.78, 5) is 27.7. The van der Waals surface area contributed by atoms with Gasteiger partial charge in [0, 0.05) is 11.1 Å². The molecular weight excluding hydrogens is 352 g/mol. The van der Waals surface area contributed by atoms with Crippen molar-refractivity contribution >= 4 is 54.1 Å². The molecule has 4 aromatic rings. The summed E-state index contributed by atoms with van der Waals surface area (Å²) in [5.41, 5.74) is 3.88. The van der Waals surface area contributed by atoms with E-state index in [1.165, 1.54) is 22.7 Å². The summed E-state index contributed by atoms with van der Waals surface area (Å²) < 4.78 is 1.07. The standard InChI is InChI=1S/C18H16N4OS2/c1-8-6-5-7-12-14(8)21-18(24-12)22-16(23)15-9(2)13-10(3)19-11(4)20-17(13)25-15/h5-7H,1-4H3,(H,21,22,23). The summed E-state index contributed by atoms with van der Waals surface area (Å²) in [5, 5.41) is 4.53. The zero-order valence-corrected chi connectivity index (χ0v) is 15.9. The molecule has 3 heterocycles. The molecule has 0 aliphatic heterocycles. The second-order valence-electron chi connectivity index (χ2n) is 5.99. The van der Waals surface area contributed by atoms with E-state index in [1.54, 1.807) is 0 Å². The number of anilines is 1. The molecule has 3 aromatic heterocycles. The Balaban J connectivity index is 1.73. The van der Waals surface area contributed by atoms with Crippen molar-refractivity contribution in [3.63, 3.8) is 0 Å². The number of hydrogen-bond donors (Lipinski definition) is 1. The van der Waals surface area contributed by atoms with Crippen LogP contribution >= 0.6 is 22.7 Å². The van der Waals surface area contributed by atoms with Gasteiger partial charge in [-0.1, -0.05) is 23.5 Å². The SMILES string of the molecule is Cc1nc(C)c2c(C)c(C(=O)Nc3nc4c(C)cccc4s3)sc2n1. The number of aromatic nitrogens is 3. The number of amides is 1. The van der Waals surface area contributed by atoms with Gasteiger partial charge in [0.15, 0.2) is 5.13 Å². The molecule has 4 rings (SSSR count). The number of rotatable bonds is 2. The smallest absolute Gasteiger partial charge is 0.267 e. The lowest BCUT2D eigenvalue weighted by Gasteiger charge is -2.01. The summed E-state index contributed by atoms with van der Waals surface area (Å²) in [6.07, 6.45) is 0. The van der Waals surface area contributed by atoms with Crippen LogP contribution < -0.4 is 5.32 Å². The fourth-order valence-corrected chi connectivity index (χ4v) is 5.10. The fourth-order valence-electron chi connectivity index (χ4n) is 2.98. The number of benzene rings is 1. The number of thiophene rings is 1. The van der Waals surface area contributed by atoms with Gasteiger partial charge in [0.25, 0.3) is 5.91 Å². The largest absolute Gasteiger partial charge is 0.297 e. The number of carbonyl (C=O) groups excluding carboxylic acids is 1. The molecule has 0 fully saturated rings. The molecule has 0 aliphatic carbocycles. The Kier molecular flexibility index (Phi) is 3.77. The molecular formula is C18H16N4OS2. The van der Waals surface area contributed by atoms with Crippen molar-refractivity contribution in [2.75, 3.05) is 5.32 Å². The predicted molar refractivity (Wildman–Crippen MR) is 104 cm³/mol. The molecule has 0 saturated carbocycles. The highest BCUT2D eigenvalue weighted by Crippen LogP contribution is 2.33. The monoisotopic (exact) mass is 368 g/mol. The lowest BCUT2D eigenvalue weighted by Crippen LogP contribution is -2.11. The Morgan fingerprint density at radius 2 is 1.84 bits per heavy atom. The molecule has 126 valence electrons. The zero-order chi connectivity index (χ0) is 17.7. The average Bonchev–Trinajstić information content (AvgIpc) is 3.09. The minimum Gasteiger partial charge on any atom is -0.297 e. The maximum absolute atomic E-state index is 12.8. The molecule has 25 heavy (non-hydrogen) atoms. The van der Waals surface area contributed by atoms with Gasteiger partial charge in [0.05, 0.1) is 15.1 Å². The molecule has 1 amide bonds. The molecule has 5 nitrogen and oxygen atoms in total. The first-order valence-corrected chi connectivity index (χ1v) is 9.49. The molecule has 1 aromatic carbocycles. The molecule has 0 unspecified atom stereocenters. The van der Waals surface area contributed by atoms with Crippen LogP contribution in [0.4, 0.5) is 5.13 Å². The molecule has 0 bridgehead atoms. The lowest BCUT2D eigenvalue weighted by molar-refractivity contribution is 0.103. The Bertz CT molecular complexity index is 1140. The number of fused-ring (bicyclic) bond motifs is 2. The van der Waals surface area contributed by atoms with Gasteiger partial charge in [0.1, 0.15) is 10.7 Å². The van der Waals surface area contributed by atoms with Crippen molar-refractivity contribution in [3.8, 4) is 0 Å². The second-order valence-corrected chi connectivity index (χ2v) is 8.02. The predicted octanol–water partition coefficient (Wildman–Crippen LogP) is 4.79. The van der Waals surface area contributed by atoms with Gasteiger partial charge < -0.3 is 0 Å². The Morgan fingerprint density at radius 3 is 2.60 bits per heavy atom. The van der Waals surface area contributed by atoms with E-state index in [-0.39, 0.29) is 5.91 Å². The van der Waals surface area contributed by atoms with Crippen molar-refractivity contribution in [2.24, 2.45) is 0 Å².